The average molecular weight is 315 g/mol. The Kier molecular flexibility index (Phi) is 3.40. The Morgan fingerprint density at radius 1 is 0.957 bits per heavy atom. The van der Waals surface area contributed by atoms with Gasteiger partial charge in [0.05, 0.1) is 17.9 Å². The summed E-state index contributed by atoms with van der Waals surface area (Å²) in [6.45, 7) is 3.36. The van der Waals surface area contributed by atoms with Crippen LogP contribution in [0.25, 0.3) is 0 Å². The van der Waals surface area contributed by atoms with E-state index in [0.29, 0.717) is 25.3 Å². The lowest BCUT2D eigenvalue weighted by Crippen LogP contribution is -2.47. The number of aliphatic imine (C=N–C) groups is 1. The molecule has 1 saturated heterocycles. The summed E-state index contributed by atoms with van der Waals surface area (Å²) in [5.74, 6) is -0.164. The van der Waals surface area contributed by atoms with E-state index in [1.807, 2.05) is 4.90 Å². The zero-order valence-electron chi connectivity index (χ0n) is 12.4. The highest BCUT2D eigenvalue weighted by Gasteiger charge is 2.24. The van der Waals surface area contributed by atoms with Gasteiger partial charge in [0, 0.05) is 44.0 Å². The van der Waals surface area contributed by atoms with Crippen LogP contribution in [0.4, 0.5) is 20.3 Å². The van der Waals surface area contributed by atoms with Crippen molar-refractivity contribution < 1.29 is 8.78 Å². The van der Waals surface area contributed by atoms with Gasteiger partial charge in [0.25, 0.3) is 0 Å². The van der Waals surface area contributed by atoms with E-state index >= 15 is 0 Å². The summed E-state index contributed by atoms with van der Waals surface area (Å²) in [4.78, 5) is 17.0. The first-order valence-corrected chi connectivity index (χ1v) is 7.51. The number of rotatable bonds is 2. The molecule has 0 unspecified atom stereocenters. The topological polar surface area (TPSA) is 44.6 Å². The van der Waals surface area contributed by atoms with Gasteiger partial charge in [-0.3, -0.25) is 4.99 Å². The Balaban J connectivity index is 1.51. The summed E-state index contributed by atoms with van der Waals surface area (Å²) in [6.07, 6.45) is 3.32. The van der Waals surface area contributed by atoms with Gasteiger partial charge in [-0.1, -0.05) is 0 Å². The molecule has 3 heterocycles. The first-order chi connectivity index (χ1) is 11.2. The number of benzene rings is 1. The average Bonchev–Trinajstić information content (AvgIpc) is 3.04. The lowest BCUT2D eigenvalue weighted by molar-refractivity contribution is 0.569. The molecule has 0 aliphatic carbocycles. The monoisotopic (exact) mass is 315 g/mol. The van der Waals surface area contributed by atoms with Crippen molar-refractivity contribution in [3.63, 3.8) is 0 Å². The number of hydrogen-bond donors (Lipinski definition) is 0. The fourth-order valence-corrected chi connectivity index (χ4v) is 3.07. The third-order valence-electron chi connectivity index (χ3n) is 4.25. The van der Waals surface area contributed by atoms with E-state index in [-0.39, 0.29) is 0 Å². The SMILES string of the molecule is Fc1ccc(N2CCN(c3ncnc4c3CN=C4)CC2)c(F)c1. The predicted octanol–water partition coefficient (Wildman–Crippen LogP) is 2.01. The molecule has 5 nitrogen and oxygen atoms in total. The number of hydrogen-bond acceptors (Lipinski definition) is 5. The van der Waals surface area contributed by atoms with Crippen LogP contribution in [0.5, 0.6) is 0 Å². The van der Waals surface area contributed by atoms with E-state index < -0.39 is 11.6 Å². The first-order valence-electron chi connectivity index (χ1n) is 7.51. The number of nitrogens with zero attached hydrogens (tertiary/aromatic N) is 5. The highest BCUT2D eigenvalue weighted by molar-refractivity contribution is 5.84. The van der Waals surface area contributed by atoms with Crippen molar-refractivity contribution in [3.8, 4) is 0 Å². The summed E-state index contributed by atoms with van der Waals surface area (Å²) >= 11 is 0. The molecule has 0 amide bonds. The van der Waals surface area contributed by atoms with Gasteiger partial charge in [0.1, 0.15) is 23.8 Å². The van der Waals surface area contributed by atoms with E-state index in [4.69, 9.17) is 0 Å². The molecular formula is C16H15F2N5. The van der Waals surface area contributed by atoms with Crippen LogP contribution in [0.2, 0.25) is 0 Å². The van der Waals surface area contributed by atoms with Crippen molar-refractivity contribution in [2.24, 2.45) is 4.99 Å². The second-order valence-corrected chi connectivity index (χ2v) is 5.60. The molecule has 118 valence electrons. The van der Waals surface area contributed by atoms with Crippen molar-refractivity contribution in [3.05, 3.63) is 47.4 Å². The largest absolute Gasteiger partial charge is 0.366 e. The Bertz CT molecular complexity index is 769. The normalized spacial score (nSPS) is 16.8. The lowest BCUT2D eigenvalue weighted by atomic mass is 10.2. The Labute approximate surface area is 132 Å². The lowest BCUT2D eigenvalue weighted by Gasteiger charge is -2.37. The number of fused-ring (bicyclic) bond motifs is 1. The Hall–Kier alpha value is -2.57. The van der Waals surface area contributed by atoms with Crippen LogP contribution in [-0.4, -0.2) is 42.4 Å². The fraction of sp³-hybridized carbons (Fsp3) is 0.312. The van der Waals surface area contributed by atoms with E-state index in [2.05, 4.69) is 19.9 Å². The van der Waals surface area contributed by atoms with Crippen molar-refractivity contribution in [1.82, 2.24) is 9.97 Å². The summed E-state index contributed by atoms with van der Waals surface area (Å²) in [6, 6.07) is 3.71. The molecule has 2 aliphatic rings. The molecule has 0 spiro atoms. The third-order valence-corrected chi connectivity index (χ3v) is 4.25. The maximum Gasteiger partial charge on any atom is 0.149 e. The minimum atomic E-state index is -0.554. The van der Waals surface area contributed by atoms with Crippen molar-refractivity contribution in [1.29, 1.82) is 0 Å². The van der Waals surface area contributed by atoms with Crippen molar-refractivity contribution in [2.75, 3.05) is 36.0 Å². The van der Waals surface area contributed by atoms with E-state index in [1.165, 1.54) is 12.1 Å². The summed E-state index contributed by atoms with van der Waals surface area (Å²) in [5, 5.41) is 0. The van der Waals surface area contributed by atoms with Crippen LogP contribution >= 0.6 is 0 Å². The molecule has 1 aromatic heterocycles. The van der Waals surface area contributed by atoms with E-state index in [9.17, 15) is 8.78 Å². The summed E-state index contributed by atoms with van der Waals surface area (Å²) in [7, 11) is 0. The first kappa shape index (κ1) is 14.0. The van der Waals surface area contributed by atoms with Crippen LogP contribution < -0.4 is 9.80 Å². The van der Waals surface area contributed by atoms with Crippen molar-refractivity contribution in [2.45, 2.75) is 6.54 Å². The van der Waals surface area contributed by atoms with Gasteiger partial charge in [-0.25, -0.2) is 18.7 Å². The number of halogens is 2. The molecule has 0 saturated carbocycles. The van der Waals surface area contributed by atoms with Gasteiger partial charge < -0.3 is 9.80 Å². The molecule has 1 fully saturated rings. The predicted molar refractivity (Wildman–Crippen MR) is 84.1 cm³/mol. The Morgan fingerprint density at radius 3 is 2.52 bits per heavy atom. The third kappa shape index (κ3) is 2.52. The van der Waals surface area contributed by atoms with E-state index in [0.717, 1.165) is 36.2 Å². The zero-order valence-corrected chi connectivity index (χ0v) is 12.4. The minimum Gasteiger partial charge on any atom is -0.366 e. The quantitative estimate of drug-likeness (QED) is 0.850. The van der Waals surface area contributed by atoms with Gasteiger partial charge in [0.2, 0.25) is 0 Å². The van der Waals surface area contributed by atoms with Gasteiger partial charge in [0.15, 0.2) is 0 Å². The number of piperazine rings is 1. The van der Waals surface area contributed by atoms with Crippen LogP contribution in [0.1, 0.15) is 11.3 Å². The molecule has 0 bridgehead atoms. The summed E-state index contributed by atoms with van der Waals surface area (Å²) < 4.78 is 26.9. The van der Waals surface area contributed by atoms with Crippen LogP contribution in [-0.2, 0) is 6.54 Å². The van der Waals surface area contributed by atoms with Gasteiger partial charge in [-0.15, -0.1) is 0 Å². The zero-order chi connectivity index (χ0) is 15.8. The maximum absolute atomic E-state index is 13.9. The fourth-order valence-electron chi connectivity index (χ4n) is 3.07. The van der Waals surface area contributed by atoms with Crippen LogP contribution in [0.15, 0.2) is 29.5 Å². The number of anilines is 2. The molecule has 7 heteroatoms. The van der Waals surface area contributed by atoms with Crippen LogP contribution in [0.3, 0.4) is 0 Å². The molecule has 0 N–H and O–H groups in total. The molecule has 0 atom stereocenters. The molecule has 4 rings (SSSR count). The van der Waals surface area contributed by atoms with Gasteiger partial charge >= 0.3 is 0 Å². The highest BCUT2D eigenvalue weighted by atomic mass is 19.1. The van der Waals surface area contributed by atoms with Crippen molar-refractivity contribution >= 4 is 17.7 Å². The standard InChI is InChI=1S/C16H15F2N5/c17-11-1-2-15(13(18)7-11)22-3-5-23(6-4-22)16-12-8-19-9-14(12)20-10-21-16/h1-2,7,9-10H,3-6,8H2. The van der Waals surface area contributed by atoms with Crippen LogP contribution in [0, 0.1) is 11.6 Å². The second kappa shape index (κ2) is 5.57. The smallest absolute Gasteiger partial charge is 0.149 e. The molecule has 23 heavy (non-hydrogen) atoms. The molecule has 1 aromatic carbocycles. The second-order valence-electron chi connectivity index (χ2n) is 5.60. The number of aromatic nitrogens is 2. The molecular weight excluding hydrogens is 300 g/mol. The summed E-state index contributed by atoms with van der Waals surface area (Å²) in [5.41, 5.74) is 2.37. The van der Waals surface area contributed by atoms with E-state index in [1.54, 1.807) is 12.5 Å². The molecule has 2 aromatic rings. The Morgan fingerprint density at radius 2 is 1.74 bits per heavy atom. The van der Waals surface area contributed by atoms with Gasteiger partial charge in [-0.2, -0.15) is 0 Å². The maximum atomic E-state index is 13.9. The highest BCUT2D eigenvalue weighted by Crippen LogP contribution is 2.26. The molecule has 2 aliphatic heterocycles. The van der Waals surface area contributed by atoms with Gasteiger partial charge in [-0.05, 0) is 12.1 Å². The molecule has 0 radical (unpaired) electrons. The minimum absolute atomic E-state index is 0.447.